The number of ether oxygens (including phenoxy) is 1. The Bertz CT molecular complexity index is 650. The summed E-state index contributed by atoms with van der Waals surface area (Å²) in [5.41, 5.74) is 0.507. The average molecular weight is 306 g/mol. The number of nitro groups is 1. The number of alkyl halides is 1. The van der Waals surface area contributed by atoms with Crippen LogP contribution in [0.25, 0.3) is 0 Å². The lowest BCUT2D eigenvalue weighted by Gasteiger charge is -2.07. The van der Waals surface area contributed by atoms with Crippen molar-refractivity contribution < 1.29 is 14.5 Å². The number of nitro benzene ring substituents is 1. The molecule has 0 aromatic heterocycles. The van der Waals surface area contributed by atoms with E-state index in [-0.39, 0.29) is 11.5 Å². The van der Waals surface area contributed by atoms with Crippen LogP contribution < -0.4 is 4.74 Å². The van der Waals surface area contributed by atoms with Crippen molar-refractivity contribution >= 4 is 23.1 Å². The molecule has 5 nitrogen and oxygen atoms in total. The first kappa shape index (κ1) is 15.0. The van der Waals surface area contributed by atoms with Crippen molar-refractivity contribution in [2.75, 3.05) is 0 Å². The van der Waals surface area contributed by atoms with Crippen molar-refractivity contribution in [1.82, 2.24) is 0 Å². The zero-order valence-corrected chi connectivity index (χ0v) is 11.9. The van der Waals surface area contributed by atoms with Gasteiger partial charge in [-0.1, -0.05) is 0 Å². The molecule has 0 radical (unpaired) electrons. The number of benzene rings is 2. The van der Waals surface area contributed by atoms with Crippen molar-refractivity contribution in [3.05, 3.63) is 64.2 Å². The molecule has 0 heterocycles. The maximum absolute atomic E-state index is 11.7. The second-order valence-electron chi connectivity index (χ2n) is 4.36. The monoisotopic (exact) mass is 305 g/mol. The highest BCUT2D eigenvalue weighted by Gasteiger charge is 2.12. The van der Waals surface area contributed by atoms with Crippen LogP contribution >= 0.6 is 11.6 Å². The minimum atomic E-state index is -0.577. The van der Waals surface area contributed by atoms with Crippen LogP contribution in [-0.4, -0.2) is 16.1 Å². The van der Waals surface area contributed by atoms with Crippen LogP contribution in [0.3, 0.4) is 0 Å². The van der Waals surface area contributed by atoms with Crippen LogP contribution in [0, 0.1) is 10.1 Å². The smallest absolute Gasteiger partial charge is 0.269 e. The van der Waals surface area contributed by atoms with E-state index in [2.05, 4.69) is 0 Å². The summed E-state index contributed by atoms with van der Waals surface area (Å²) < 4.78 is 5.54. The third-order valence-electron chi connectivity index (χ3n) is 2.78. The molecular formula is C15H12ClNO4. The Morgan fingerprint density at radius 2 is 1.57 bits per heavy atom. The maximum atomic E-state index is 11.7. The normalized spacial score (nSPS) is 11.7. The maximum Gasteiger partial charge on any atom is 0.269 e. The van der Waals surface area contributed by atoms with Crippen molar-refractivity contribution in [2.24, 2.45) is 0 Å². The minimum absolute atomic E-state index is 0.000560. The van der Waals surface area contributed by atoms with Gasteiger partial charge < -0.3 is 4.74 Å². The predicted molar refractivity (Wildman–Crippen MR) is 79.3 cm³/mol. The average Bonchev–Trinajstić information content (AvgIpc) is 2.47. The van der Waals surface area contributed by atoms with E-state index in [1.54, 1.807) is 31.2 Å². The molecule has 0 spiro atoms. The van der Waals surface area contributed by atoms with Crippen LogP contribution in [0.5, 0.6) is 11.5 Å². The molecule has 1 atom stereocenters. The van der Waals surface area contributed by atoms with Gasteiger partial charge in [0, 0.05) is 17.7 Å². The lowest BCUT2D eigenvalue weighted by atomic mass is 10.1. The highest BCUT2D eigenvalue weighted by Crippen LogP contribution is 2.24. The lowest BCUT2D eigenvalue weighted by molar-refractivity contribution is -0.384. The predicted octanol–water partition coefficient (Wildman–Crippen LogP) is 4.20. The molecule has 0 bridgehead atoms. The number of Topliss-reactive ketones (excluding diaryl/α,β-unsaturated/α-hetero) is 1. The Morgan fingerprint density at radius 1 is 1.10 bits per heavy atom. The first-order chi connectivity index (χ1) is 9.97. The Labute approximate surface area is 126 Å². The fourth-order valence-electron chi connectivity index (χ4n) is 1.69. The molecule has 2 aromatic carbocycles. The van der Waals surface area contributed by atoms with Gasteiger partial charge in [0.1, 0.15) is 11.5 Å². The first-order valence-electron chi connectivity index (χ1n) is 6.18. The highest BCUT2D eigenvalue weighted by molar-refractivity contribution is 6.33. The van der Waals surface area contributed by atoms with E-state index in [1.165, 1.54) is 24.3 Å². The van der Waals surface area contributed by atoms with Crippen LogP contribution in [0.2, 0.25) is 0 Å². The number of hydrogen-bond donors (Lipinski definition) is 0. The van der Waals surface area contributed by atoms with Gasteiger partial charge in [-0.2, -0.15) is 0 Å². The molecule has 0 saturated heterocycles. The molecule has 1 unspecified atom stereocenters. The summed E-state index contributed by atoms with van der Waals surface area (Å²) in [7, 11) is 0. The van der Waals surface area contributed by atoms with E-state index in [9.17, 15) is 14.9 Å². The van der Waals surface area contributed by atoms with E-state index in [0.717, 1.165) is 0 Å². The molecule has 0 aliphatic rings. The van der Waals surface area contributed by atoms with Gasteiger partial charge in [0.2, 0.25) is 0 Å². The van der Waals surface area contributed by atoms with Gasteiger partial charge in [0.25, 0.3) is 5.69 Å². The number of ketones is 1. The van der Waals surface area contributed by atoms with Crippen LogP contribution in [0.15, 0.2) is 48.5 Å². The molecule has 2 rings (SSSR count). The third-order valence-corrected chi connectivity index (χ3v) is 2.98. The number of nitrogens with zero attached hydrogens (tertiary/aromatic N) is 1. The SMILES string of the molecule is CC(Cl)C(=O)c1ccc(Oc2ccc([N+](=O)[O-])cc2)cc1. The summed E-state index contributed by atoms with van der Waals surface area (Å²) in [6.45, 7) is 1.62. The van der Waals surface area contributed by atoms with Gasteiger partial charge in [-0.25, -0.2) is 0 Å². The number of non-ortho nitro benzene ring substituents is 1. The van der Waals surface area contributed by atoms with Crippen LogP contribution in [0.4, 0.5) is 5.69 Å². The van der Waals surface area contributed by atoms with Gasteiger partial charge in [-0.05, 0) is 43.3 Å². The van der Waals surface area contributed by atoms with Crippen molar-refractivity contribution in [3.8, 4) is 11.5 Å². The Balaban J connectivity index is 2.09. The molecule has 0 saturated carbocycles. The molecule has 2 aromatic rings. The fraction of sp³-hybridized carbons (Fsp3) is 0.133. The molecule has 6 heteroatoms. The number of carbonyl (C=O) groups excluding carboxylic acids is 1. The number of carbonyl (C=O) groups is 1. The van der Waals surface area contributed by atoms with E-state index in [1.807, 2.05) is 0 Å². The molecule has 0 N–H and O–H groups in total. The molecule has 21 heavy (non-hydrogen) atoms. The molecule has 0 fully saturated rings. The van der Waals surface area contributed by atoms with E-state index >= 15 is 0 Å². The topological polar surface area (TPSA) is 69.4 Å². The van der Waals surface area contributed by atoms with Crippen molar-refractivity contribution in [2.45, 2.75) is 12.3 Å². The van der Waals surface area contributed by atoms with Gasteiger partial charge in [0.05, 0.1) is 10.3 Å². The minimum Gasteiger partial charge on any atom is -0.457 e. The summed E-state index contributed by atoms with van der Waals surface area (Å²) in [6.07, 6.45) is 0. The number of hydrogen-bond acceptors (Lipinski definition) is 4. The van der Waals surface area contributed by atoms with Crippen LogP contribution in [0.1, 0.15) is 17.3 Å². The largest absolute Gasteiger partial charge is 0.457 e. The molecule has 0 aliphatic carbocycles. The number of rotatable bonds is 5. The van der Waals surface area contributed by atoms with Crippen molar-refractivity contribution in [1.29, 1.82) is 0 Å². The summed E-state index contributed by atoms with van der Waals surface area (Å²) in [6, 6.07) is 12.3. The Morgan fingerprint density at radius 3 is 2.00 bits per heavy atom. The summed E-state index contributed by atoms with van der Waals surface area (Å²) in [5, 5.41) is 9.97. The quantitative estimate of drug-likeness (QED) is 0.359. The highest BCUT2D eigenvalue weighted by atomic mass is 35.5. The molecule has 0 aliphatic heterocycles. The van der Waals surface area contributed by atoms with E-state index in [0.29, 0.717) is 17.1 Å². The van der Waals surface area contributed by atoms with E-state index in [4.69, 9.17) is 16.3 Å². The summed E-state index contributed by atoms with van der Waals surface area (Å²) in [4.78, 5) is 21.8. The Kier molecular flexibility index (Phi) is 4.55. The van der Waals surface area contributed by atoms with Gasteiger partial charge >= 0.3 is 0 Å². The van der Waals surface area contributed by atoms with Crippen LogP contribution in [-0.2, 0) is 0 Å². The Hall–Kier alpha value is -2.40. The third kappa shape index (κ3) is 3.79. The van der Waals surface area contributed by atoms with E-state index < -0.39 is 10.3 Å². The standard InChI is InChI=1S/C15H12ClNO4/c1-10(16)15(18)11-2-6-13(7-3-11)21-14-8-4-12(5-9-14)17(19)20/h2-10H,1H3. The number of halogens is 1. The first-order valence-corrected chi connectivity index (χ1v) is 6.61. The summed E-state index contributed by atoms with van der Waals surface area (Å²) in [5.74, 6) is 0.853. The summed E-state index contributed by atoms with van der Waals surface area (Å²) >= 11 is 5.74. The van der Waals surface area contributed by atoms with Gasteiger partial charge in [-0.3, -0.25) is 14.9 Å². The zero-order chi connectivity index (χ0) is 15.4. The van der Waals surface area contributed by atoms with Gasteiger partial charge in [0.15, 0.2) is 5.78 Å². The molecule has 0 amide bonds. The zero-order valence-electron chi connectivity index (χ0n) is 11.2. The fourth-order valence-corrected chi connectivity index (χ4v) is 1.81. The molecule has 108 valence electrons. The lowest BCUT2D eigenvalue weighted by Crippen LogP contribution is -2.09. The molecular weight excluding hydrogens is 294 g/mol. The second kappa shape index (κ2) is 6.37. The van der Waals surface area contributed by atoms with Gasteiger partial charge in [-0.15, -0.1) is 11.6 Å². The second-order valence-corrected chi connectivity index (χ2v) is 5.01. The van der Waals surface area contributed by atoms with Crippen molar-refractivity contribution in [3.63, 3.8) is 0 Å².